The number of thiophene rings is 1. The Morgan fingerprint density at radius 3 is 2.37 bits per heavy atom. The molecule has 3 aromatic rings. The van der Waals surface area contributed by atoms with Gasteiger partial charge in [0.05, 0.1) is 0 Å². The fraction of sp³-hybridized carbons (Fsp3) is 0.261. The molecular formula is C23H21Cl2NO3S. The molecule has 0 saturated heterocycles. The summed E-state index contributed by atoms with van der Waals surface area (Å²) in [5.74, 6) is 1.07. The largest absolute Gasteiger partial charge is 0.485 e. The molecule has 0 aliphatic carbocycles. The minimum absolute atomic E-state index is 0.0559. The second kappa shape index (κ2) is 9.29. The lowest BCUT2D eigenvalue weighted by molar-refractivity contribution is 0.0929. The number of carbonyl (C=O) groups is 1. The summed E-state index contributed by atoms with van der Waals surface area (Å²) in [6, 6.07) is 15.4. The van der Waals surface area contributed by atoms with Crippen molar-refractivity contribution in [1.29, 1.82) is 0 Å². The maximum Gasteiger partial charge on any atom is 0.265 e. The molecule has 1 aliphatic heterocycles. The van der Waals surface area contributed by atoms with E-state index in [0.29, 0.717) is 39.6 Å². The zero-order chi connectivity index (χ0) is 21.1. The van der Waals surface area contributed by atoms with E-state index in [1.54, 1.807) is 0 Å². The van der Waals surface area contributed by atoms with E-state index in [2.05, 4.69) is 5.32 Å². The smallest absolute Gasteiger partial charge is 0.265 e. The Hall–Kier alpha value is -2.21. The first-order valence-electron chi connectivity index (χ1n) is 9.69. The van der Waals surface area contributed by atoms with Gasteiger partial charge < -0.3 is 14.8 Å². The van der Waals surface area contributed by atoms with Gasteiger partial charge in [-0.3, -0.25) is 4.79 Å². The van der Waals surface area contributed by atoms with Crippen molar-refractivity contribution in [2.45, 2.75) is 25.3 Å². The van der Waals surface area contributed by atoms with Gasteiger partial charge in [0, 0.05) is 27.4 Å². The third kappa shape index (κ3) is 4.75. The molecule has 1 aliphatic rings. The Balaban J connectivity index is 1.56. The lowest BCUT2D eigenvalue weighted by atomic mass is 9.86. The number of carbonyl (C=O) groups excluding carboxylic acids is 1. The van der Waals surface area contributed by atoms with E-state index in [4.69, 9.17) is 32.7 Å². The highest BCUT2D eigenvalue weighted by atomic mass is 35.5. The third-order valence-electron chi connectivity index (χ3n) is 5.14. The van der Waals surface area contributed by atoms with Crippen LogP contribution in [0.15, 0.2) is 53.9 Å². The first kappa shape index (κ1) is 21.0. The van der Waals surface area contributed by atoms with Gasteiger partial charge in [-0.2, -0.15) is 0 Å². The van der Waals surface area contributed by atoms with Crippen LogP contribution in [-0.4, -0.2) is 25.2 Å². The quantitative estimate of drug-likeness (QED) is 0.491. The molecule has 0 radical (unpaired) electrons. The number of hydrogen-bond donors (Lipinski definition) is 1. The first-order valence-corrected chi connectivity index (χ1v) is 11.3. The highest BCUT2D eigenvalue weighted by molar-refractivity contribution is 7.12. The van der Waals surface area contributed by atoms with Gasteiger partial charge in [0.2, 0.25) is 0 Å². The van der Waals surface area contributed by atoms with Crippen molar-refractivity contribution >= 4 is 40.4 Å². The molecule has 1 amide bonds. The third-order valence-corrected chi connectivity index (χ3v) is 6.58. The van der Waals surface area contributed by atoms with E-state index in [-0.39, 0.29) is 17.9 Å². The van der Waals surface area contributed by atoms with E-state index >= 15 is 0 Å². The maximum atomic E-state index is 13.0. The van der Waals surface area contributed by atoms with Crippen molar-refractivity contribution < 1.29 is 14.3 Å². The molecule has 2 aromatic carbocycles. The van der Waals surface area contributed by atoms with Crippen LogP contribution in [0.3, 0.4) is 0 Å². The highest BCUT2D eigenvalue weighted by Crippen LogP contribution is 2.39. The predicted molar refractivity (Wildman–Crippen MR) is 122 cm³/mol. The second-order valence-corrected chi connectivity index (χ2v) is 8.96. The van der Waals surface area contributed by atoms with E-state index in [9.17, 15) is 4.79 Å². The molecule has 4 rings (SSSR count). The van der Waals surface area contributed by atoms with Crippen molar-refractivity contribution in [1.82, 2.24) is 5.32 Å². The molecule has 1 aromatic heterocycles. The maximum absolute atomic E-state index is 13.0. The Labute approximate surface area is 189 Å². The van der Waals surface area contributed by atoms with Crippen LogP contribution in [0.25, 0.3) is 0 Å². The summed E-state index contributed by atoms with van der Waals surface area (Å²) in [5.41, 5.74) is 2.25. The molecule has 0 spiro atoms. The van der Waals surface area contributed by atoms with Crippen molar-refractivity contribution in [3.63, 3.8) is 0 Å². The minimum atomic E-state index is -0.158. The fourth-order valence-electron chi connectivity index (χ4n) is 3.56. The van der Waals surface area contributed by atoms with Gasteiger partial charge in [-0.05, 0) is 48.7 Å². The van der Waals surface area contributed by atoms with Crippen molar-refractivity contribution in [2.24, 2.45) is 0 Å². The number of amides is 1. The van der Waals surface area contributed by atoms with Crippen LogP contribution in [0.2, 0.25) is 10.0 Å². The van der Waals surface area contributed by atoms with Gasteiger partial charge >= 0.3 is 0 Å². The lowest BCUT2D eigenvalue weighted by Gasteiger charge is -2.26. The molecule has 2 unspecified atom stereocenters. The molecule has 1 N–H and O–H groups in total. The molecular weight excluding hydrogens is 441 g/mol. The average molecular weight is 462 g/mol. The molecule has 0 bridgehead atoms. The van der Waals surface area contributed by atoms with Crippen LogP contribution in [0, 0.1) is 0 Å². The molecule has 0 saturated carbocycles. The summed E-state index contributed by atoms with van der Waals surface area (Å²) in [5, 5.41) is 6.36. The Bertz CT molecular complexity index is 1020. The number of rotatable bonds is 6. The second-order valence-electron chi connectivity index (χ2n) is 7.21. The topological polar surface area (TPSA) is 47.6 Å². The number of halogens is 2. The van der Waals surface area contributed by atoms with Gasteiger partial charge in [0.25, 0.3) is 5.91 Å². The summed E-state index contributed by atoms with van der Waals surface area (Å²) in [4.78, 5) is 13.5. The van der Waals surface area contributed by atoms with Crippen LogP contribution >= 0.6 is 34.5 Å². The molecule has 156 valence electrons. The fourth-order valence-corrected chi connectivity index (χ4v) is 4.64. The van der Waals surface area contributed by atoms with E-state index < -0.39 is 0 Å². The van der Waals surface area contributed by atoms with Crippen LogP contribution in [0.5, 0.6) is 11.5 Å². The molecule has 7 heteroatoms. The lowest BCUT2D eigenvalue weighted by Crippen LogP contribution is -2.37. The van der Waals surface area contributed by atoms with Gasteiger partial charge in [0.1, 0.15) is 18.1 Å². The minimum Gasteiger partial charge on any atom is -0.485 e. The summed E-state index contributed by atoms with van der Waals surface area (Å²) < 4.78 is 11.2. The van der Waals surface area contributed by atoms with Crippen LogP contribution in [0.1, 0.15) is 33.6 Å². The average Bonchev–Trinajstić information content (AvgIpc) is 3.18. The zero-order valence-electron chi connectivity index (χ0n) is 16.4. The molecule has 4 nitrogen and oxygen atoms in total. The monoisotopic (exact) mass is 461 g/mol. The van der Waals surface area contributed by atoms with Crippen molar-refractivity contribution in [3.8, 4) is 11.5 Å². The predicted octanol–water partition coefficient (Wildman–Crippen LogP) is 5.97. The van der Waals surface area contributed by atoms with E-state index in [1.165, 1.54) is 11.3 Å². The van der Waals surface area contributed by atoms with Crippen LogP contribution in [0.4, 0.5) is 0 Å². The van der Waals surface area contributed by atoms with Crippen LogP contribution < -0.4 is 14.8 Å². The SMILES string of the molecule is CC(NC(=O)c1scc2c1OCCO2)C(Cc1ccc(Cl)cc1)c1ccc(Cl)cc1. The van der Waals surface area contributed by atoms with E-state index in [1.807, 2.05) is 60.8 Å². The molecule has 2 heterocycles. The standard InChI is InChI=1S/C23H21Cl2NO3S/c1-14(26-23(27)22-21-20(13-30-22)28-10-11-29-21)19(16-4-8-18(25)9-5-16)12-15-2-6-17(24)7-3-15/h2-9,13-14,19H,10-12H2,1H3,(H,26,27). The number of ether oxygens (including phenoxy) is 2. The Kier molecular flexibility index (Phi) is 6.52. The summed E-state index contributed by atoms with van der Waals surface area (Å²) in [7, 11) is 0. The highest BCUT2D eigenvalue weighted by Gasteiger charge is 2.27. The Morgan fingerprint density at radius 1 is 1.03 bits per heavy atom. The summed E-state index contributed by atoms with van der Waals surface area (Å²) in [6.07, 6.45) is 0.752. The first-order chi connectivity index (χ1) is 14.5. The normalized spacial score (nSPS) is 14.8. The van der Waals surface area contributed by atoms with Gasteiger partial charge in [0.15, 0.2) is 11.5 Å². The molecule has 2 atom stereocenters. The van der Waals surface area contributed by atoms with E-state index in [0.717, 1.165) is 17.5 Å². The molecule has 0 fully saturated rings. The Morgan fingerprint density at radius 2 is 1.67 bits per heavy atom. The summed E-state index contributed by atoms with van der Waals surface area (Å²) in [6.45, 7) is 2.97. The molecule has 30 heavy (non-hydrogen) atoms. The summed E-state index contributed by atoms with van der Waals surface area (Å²) >= 11 is 13.5. The van der Waals surface area contributed by atoms with Gasteiger partial charge in [-0.25, -0.2) is 0 Å². The van der Waals surface area contributed by atoms with Crippen molar-refractivity contribution in [2.75, 3.05) is 13.2 Å². The van der Waals surface area contributed by atoms with Gasteiger partial charge in [-0.1, -0.05) is 47.5 Å². The van der Waals surface area contributed by atoms with Crippen LogP contribution in [-0.2, 0) is 6.42 Å². The number of hydrogen-bond acceptors (Lipinski definition) is 4. The zero-order valence-corrected chi connectivity index (χ0v) is 18.7. The number of benzene rings is 2. The number of nitrogens with one attached hydrogen (secondary N) is 1. The van der Waals surface area contributed by atoms with Gasteiger partial charge in [-0.15, -0.1) is 11.3 Å². The van der Waals surface area contributed by atoms with Crippen molar-refractivity contribution in [3.05, 3.63) is 80.0 Å². The number of fused-ring (bicyclic) bond motifs is 1.